The Bertz CT molecular complexity index is 170. The molecule has 0 fully saturated rings. The van der Waals surface area contributed by atoms with E-state index in [1.54, 1.807) is 11.5 Å². The molecule has 1 heterocycles. The van der Waals surface area contributed by atoms with E-state index in [-0.39, 0.29) is 11.0 Å². The van der Waals surface area contributed by atoms with Crippen molar-refractivity contribution in [3.63, 3.8) is 0 Å². The lowest BCUT2D eigenvalue weighted by Crippen LogP contribution is -2.27. The number of hydrogen-bond acceptors (Lipinski definition) is 4. The van der Waals surface area contributed by atoms with E-state index in [0.717, 1.165) is 0 Å². The SMILES string of the molecule is COC1C=CSC1[N+](=O)[O-]. The summed E-state index contributed by atoms with van der Waals surface area (Å²) in [5.74, 6) is 0. The number of methoxy groups -OCH3 is 1. The van der Waals surface area contributed by atoms with Crippen LogP contribution in [0.25, 0.3) is 0 Å². The molecule has 2 atom stereocenters. The molecule has 10 heavy (non-hydrogen) atoms. The number of ether oxygens (including phenoxy) is 1. The first-order valence-electron chi connectivity index (χ1n) is 2.74. The van der Waals surface area contributed by atoms with Gasteiger partial charge in [0.1, 0.15) is 0 Å². The molecule has 0 N–H and O–H groups in total. The molecule has 0 aromatic rings. The number of nitrogens with zero attached hydrogens (tertiary/aromatic N) is 1. The highest BCUT2D eigenvalue weighted by Gasteiger charge is 2.33. The molecule has 0 aromatic heterocycles. The van der Waals surface area contributed by atoms with Gasteiger partial charge in [-0.25, -0.2) is 0 Å². The third-order valence-corrected chi connectivity index (χ3v) is 2.28. The van der Waals surface area contributed by atoms with Crippen molar-refractivity contribution in [2.75, 3.05) is 7.11 Å². The Kier molecular flexibility index (Phi) is 2.29. The molecule has 0 radical (unpaired) electrons. The normalized spacial score (nSPS) is 30.9. The summed E-state index contributed by atoms with van der Waals surface area (Å²) in [6.45, 7) is 0. The van der Waals surface area contributed by atoms with Crippen molar-refractivity contribution < 1.29 is 9.66 Å². The van der Waals surface area contributed by atoms with Crippen molar-refractivity contribution in [1.82, 2.24) is 0 Å². The lowest BCUT2D eigenvalue weighted by Gasteiger charge is -2.07. The van der Waals surface area contributed by atoms with Crippen LogP contribution >= 0.6 is 11.8 Å². The molecule has 1 aliphatic heterocycles. The van der Waals surface area contributed by atoms with Crippen molar-refractivity contribution in [1.29, 1.82) is 0 Å². The van der Waals surface area contributed by atoms with Crippen LogP contribution in [-0.2, 0) is 4.74 Å². The van der Waals surface area contributed by atoms with E-state index in [1.807, 2.05) is 0 Å². The molecule has 0 spiro atoms. The van der Waals surface area contributed by atoms with Crippen LogP contribution in [0.15, 0.2) is 11.5 Å². The van der Waals surface area contributed by atoms with E-state index in [4.69, 9.17) is 4.74 Å². The number of hydrogen-bond donors (Lipinski definition) is 0. The van der Waals surface area contributed by atoms with Gasteiger partial charge in [0, 0.05) is 12.0 Å². The number of rotatable bonds is 2. The molecule has 4 nitrogen and oxygen atoms in total. The van der Waals surface area contributed by atoms with Crippen molar-refractivity contribution in [2.45, 2.75) is 11.5 Å². The average molecular weight is 161 g/mol. The van der Waals surface area contributed by atoms with Gasteiger partial charge in [-0.15, -0.1) is 0 Å². The summed E-state index contributed by atoms with van der Waals surface area (Å²) in [5, 5.41) is 11.3. The second kappa shape index (κ2) is 3.03. The minimum Gasteiger partial charge on any atom is -0.369 e. The van der Waals surface area contributed by atoms with Gasteiger partial charge in [-0.3, -0.25) is 10.1 Å². The van der Waals surface area contributed by atoms with Crippen LogP contribution < -0.4 is 0 Å². The second-order valence-corrected chi connectivity index (χ2v) is 2.87. The zero-order valence-electron chi connectivity index (χ0n) is 5.39. The monoisotopic (exact) mass is 161 g/mol. The van der Waals surface area contributed by atoms with Gasteiger partial charge in [-0.1, -0.05) is 11.8 Å². The van der Waals surface area contributed by atoms with E-state index in [2.05, 4.69) is 0 Å². The quantitative estimate of drug-likeness (QED) is 0.445. The molecule has 2 unspecified atom stereocenters. The van der Waals surface area contributed by atoms with Gasteiger partial charge in [0.25, 0.3) is 5.37 Å². The fraction of sp³-hybridized carbons (Fsp3) is 0.600. The Balaban J connectivity index is 2.56. The third kappa shape index (κ3) is 1.30. The van der Waals surface area contributed by atoms with Crippen molar-refractivity contribution in [3.05, 3.63) is 21.6 Å². The van der Waals surface area contributed by atoms with Gasteiger partial charge in [0.15, 0.2) is 6.10 Å². The highest BCUT2D eigenvalue weighted by Crippen LogP contribution is 2.26. The van der Waals surface area contributed by atoms with Gasteiger partial charge in [-0.2, -0.15) is 0 Å². The van der Waals surface area contributed by atoms with Crippen LogP contribution in [0.1, 0.15) is 0 Å². The maximum Gasteiger partial charge on any atom is 0.291 e. The molecular weight excluding hydrogens is 154 g/mol. The van der Waals surface area contributed by atoms with E-state index in [9.17, 15) is 10.1 Å². The molecule has 0 bridgehead atoms. The zero-order chi connectivity index (χ0) is 7.56. The number of thioether (sulfide) groups is 1. The molecule has 1 rings (SSSR count). The van der Waals surface area contributed by atoms with Gasteiger partial charge in [0.2, 0.25) is 0 Å². The molecular formula is C5H7NO3S. The minimum absolute atomic E-state index is 0.334. The highest BCUT2D eigenvalue weighted by atomic mass is 32.2. The molecule has 0 aliphatic carbocycles. The molecule has 5 heteroatoms. The summed E-state index contributed by atoms with van der Waals surface area (Å²) in [6, 6.07) is 0. The van der Waals surface area contributed by atoms with Crippen LogP contribution in [0, 0.1) is 10.1 Å². The van der Waals surface area contributed by atoms with Crippen molar-refractivity contribution in [3.8, 4) is 0 Å². The summed E-state index contributed by atoms with van der Waals surface area (Å²) in [7, 11) is 1.47. The third-order valence-electron chi connectivity index (χ3n) is 1.25. The summed E-state index contributed by atoms with van der Waals surface area (Å²) < 4.78 is 4.84. The molecule has 0 saturated carbocycles. The Morgan fingerprint density at radius 1 is 1.80 bits per heavy atom. The Labute approximate surface area is 62.4 Å². The first-order chi connectivity index (χ1) is 4.75. The maximum absolute atomic E-state index is 10.2. The van der Waals surface area contributed by atoms with Crippen LogP contribution in [0.2, 0.25) is 0 Å². The topological polar surface area (TPSA) is 52.4 Å². The Morgan fingerprint density at radius 3 is 2.90 bits per heavy atom. The molecule has 1 aliphatic rings. The van der Waals surface area contributed by atoms with Crippen LogP contribution in [0.5, 0.6) is 0 Å². The smallest absolute Gasteiger partial charge is 0.291 e. The number of nitro groups is 1. The van der Waals surface area contributed by atoms with Gasteiger partial charge >= 0.3 is 0 Å². The first kappa shape index (κ1) is 7.56. The summed E-state index contributed by atoms with van der Waals surface area (Å²) in [5.41, 5.74) is 0. The summed E-state index contributed by atoms with van der Waals surface area (Å²) in [4.78, 5) is 9.90. The standard InChI is InChI=1S/C5H7NO3S/c1-9-4-2-3-10-5(4)6(7)8/h2-5H,1H3. The minimum atomic E-state index is -0.648. The van der Waals surface area contributed by atoms with Crippen LogP contribution in [0.4, 0.5) is 0 Å². The van der Waals surface area contributed by atoms with Gasteiger partial charge < -0.3 is 4.74 Å². The summed E-state index contributed by atoms with van der Waals surface area (Å²) in [6.07, 6.45) is 1.33. The Hall–Kier alpha value is -0.550. The largest absolute Gasteiger partial charge is 0.369 e. The van der Waals surface area contributed by atoms with Crippen molar-refractivity contribution >= 4 is 11.8 Å². The van der Waals surface area contributed by atoms with E-state index in [0.29, 0.717) is 0 Å². The lowest BCUT2D eigenvalue weighted by molar-refractivity contribution is -0.503. The highest BCUT2D eigenvalue weighted by molar-refractivity contribution is 8.02. The van der Waals surface area contributed by atoms with Crippen molar-refractivity contribution in [2.24, 2.45) is 0 Å². The van der Waals surface area contributed by atoms with Crippen LogP contribution in [-0.4, -0.2) is 23.5 Å². The maximum atomic E-state index is 10.2. The fourth-order valence-electron chi connectivity index (χ4n) is 0.740. The van der Waals surface area contributed by atoms with Gasteiger partial charge in [-0.05, 0) is 11.5 Å². The Morgan fingerprint density at radius 2 is 2.50 bits per heavy atom. The predicted molar refractivity (Wildman–Crippen MR) is 38.3 cm³/mol. The predicted octanol–water partition coefficient (Wildman–Crippen LogP) is 0.865. The molecule has 56 valence electrons. The van der Waals surface area contributed by atoms with Gasteiger partial charge in [0.05, 0.1) is 0 Å². The first-order valence-corrected chi connectivity index (χ1v) is 3.68. The molecule has 0 aromatic carbocycles. The van der Waals surface area contributed by atoms with E-state index in [1.165, 1.54) is 18.9 Å². The second-order valence-electron chi connectivity index (χ2n) is 1.84. The zero-order valence-corrected chi connectivity index (χ0v) is 6.21. The molecule has 0 saturated heterocycles. The fourth-order valence-corrected chi connectivity index (χ4v) is 1.60. The lowest BCUT2D eigenvalue weighted by atomic mass is 10.3. The van der Waals surface area contributed by atoms with E-state index < -0.39 is 5.37 Å². The van der Waals surface area contributed by atoms with E-state index >= 15 is 0 Å². The molecule has 0 amide bonds. The van der Waals surface area contributed by atoms with Crippen LogP contribution in [0.3, 0.4) is 0 Å². The average Bonchev–Trinajstić information content (AvgIpc) is 2.33. The summed E-state index contributed by atoms with van der Waals surface area (Å²) >= 11 is 1.18.